The summed E-state index contributed by atoms with van der Waals surface area (Å²) in [6.07, 6.45) is 0.263. The van der Waals surface area contributed by atoms with Crippen LogP contribution < -0.4 is 10.6 Å². The van der Waals surface area contributed by atoms with E-state index in [1.165, 1.54) is 6.33 Å². The van der Waals surface area contributed by atoms with Gasteiger partial charge in [-0.15, -0.1) is 0 Å². The van der Waals surface area contributed by atoms with Gasteiger partial charge in [-0.05, 0) is 13.6 Å². The zero-order valence-electron chi connectivity index (χ0n) is 11.3. The zero-order valence-corrected chi connectivity index (χ0v) is 12.2. The lowest BCUT2D eigenvalue weighted by Gasteiger charge is -2.23. The third kappa shape index (κ3) is 4.86. The maximum Gasteiger partial charge on any atom is 0.350 e. The molecule has 0 radical (unpaired) electrons. The fourth-order valence-corrected chi connectivity index (χ4v) is 2.01. The highest BCUT2D eigenvalue weighted by Gasteiger charge is 2.18. The van der Waals surface area contributed by atoms with Crippen LogP contribution in [0.15, 0.2) is 11.3 Å². The second-order valence-corrected chi connectivity index (χ2v) is 5.83. The maximum atomic E-state index is 10.7. The fraction of sp³-hybridized carbons (Fsp3) is 0.500. The highest BCUT2D eigenvalue weighted by molar-refractivity contribution is 7.51. The molecule has 9 nitrogen and oxygen atoms in total. The minimum absolute atomic E-state index is 0.209. The van der Waals surface area contributed by atoms with Crippen molar-refractivity contribution in [2.75, 3.05) is 30.6 Å². The van der Waals surface area contributed by atoms with E-state index < -0.39 is 20.0 Å². The van der Waals surface area contributed by atoms with E-state index in [-0.39, 0.29) is 5.82 Å². The average Bonchev–Trinajstić information content (AvgIpc) is 2.35. The molecule has 0 aliphatic heterocycles. The van der Waals surface area contributed by atoms with Gasteiger partial charge in [0.25, 0.3) is 0 Å². The highest BCUT2D eigenvalue weighted by Crippen LogP contribution is 2.34. The van der Waals surface area contributed by atoms with Crippen molar-refractivity contribution in [3.8, 4) is 0 Å². The Labute approximate surface area is 116 Å². The molecule has 10 heteroatoms. The van der Waals surface area contributed by atoms with Crippen LogP contribution >= 0.6 is 7.60 Å². The van der Waals surface area contributed by atoms with Gasteiger partial charge in [-0.25, -0.2) is 9.97 Å². The lowest BCUT2D eigenvalue weighted by atomic mass is 10.3. The number of aromatic nitrogens is 2. The summed E-state index contributed by atoms with van der Waals surface area (Å²) in [6, 6.07) is 0. The molecule has 1 atom stereocenters. The molecule has 112 valence electrons. The van der Waals surface area contributed by atoms with Crippen molar-refractivity contribution in [2.45, 2.75) is 13.0 Å². The van der Waals surface area contributed by atoms with Crippen molar-refractivity contribution >= 4 is 31.6 Å². The van der Waals surface area contributed by atoms with Crippen LogP contribution in [0.2, 0.25) is 0 Å². The summed E-state index contributed by atoms with van der Waals surface area (Å²) >= 11 is 0. The average molecular weight is 303 g/mol. The number of aliphatic imine (C=N–C) groups is 1. The second kappa shape index (κ2) is 6.76. The molecule has 1 heterocycles. The molecule has 0 saturated heterocycles. The van der Waals surface area contributed by atoms with Gasteiger partial charge in [-0.1, -0.05) is 0 Å². The minimum atomic E-state index is -4.17. The van der Waals surface area contributed by atoms with Crippen LogP contribution in [-0.4, -0.2) is 52.5 Å². The van der Waals surface area contributed by atoms with Gasteiger partial charge in [0, 0.05) is 13.6 Å². The van der Waals surface area contributed by atoms with Crippen molar-refractivity contribution in [1.82, 2.24) is 9.97 Å². The molecule has 4 N–H and O–H groups in total. The van der Waals surface area contributed by atoms with E-state index in [1.54, 1.807) is 18.9 Å². The van der Waals surface area contributed by atoms with Crippen molar-refractivity contribution in [2.24, 2.45) is 4.99 Å². The van der Waals surface area contributed by atoms with Gasteiger partial charge < -0.3 is 25.2 Å². The van der Waals surface area contributed by atoms with Gasteiger partial charge in [-0.2, -0.15) is 0 Å². The lowest BCUT2D eigenvalue weighted by Crippen LogP contribution is -2.30. The Hall–Kier alpha value is -1.54. The smallest absolute Gasteiger partial charge is 0.350 e. The minimum Gasteiger partial charge on any atom is -0.382 e. The summed E-state index contributed by atoms with van der Waals surface area (Å²) in [5.41, 5.74) is 6.03. The monoisotopic (exact) mass is 303 g/mol. The normalized spacial score (nSPS) is 13.0. The van der Waals surface area contributed by atoms with E-state index in [0.29, 0.717) is 18.1 Å². The Morgan fingerprint density at radius 1 is 1.60 bits per heavy atom. The summed E-state index contributed by atoms with van der Waals surface area (Å²) in [5.74, 6) is 0.680. The standard InChI is InChI=1S/C10H18N5O4P/c1-7(19-6-20(16,17)18)4-15(3)10-8(12-2)9(11)13-5-14-10/h5,7H,2,4,6H2,1,3H3,(H2,11,13,14)(H2,16,17,18). The maximum absolute atomic E-state index is 10.7. The van der Waals surface area contributed by atoms with Crippen LogP contribution in [-0.2, 0) is 9.30 Å². The van der Waals surface area contributed by atoms with Gasteiger partial charge in [0.15, 0.2) is 11.6 Å². The molecule has 20 heavy (non-hydrogen) atoms. The van der Waals surface area contributed by atoms with Crippen molar-refractivity contribution < 1.29 is 19.1 Å². The molecular weight excluding hydrogens is 285 g/mol. The van der Waals surface area contributed by atoms with E-state index in [9.17, 15) is 4.57 Å². The molecule has 1 aromatic heterocycles. The predicted molar refractivity (Wildman–Crippen MR) is 76.4 cm³/mol. The van der Waals surface area contributed by atoms with Crippen molar-refractivity contribution in [1.29, 1.82) is 0 Å². The number of nitrogens with zero attached hydrogens (tertiary/aromatic N) is 4. The molecule has 0 aliphatic carbocycles. The fourth-order valence-electron chi connectivity index (χ4n) is 1.56. The van der Waals surface area contributed by atoms with Crippen LogP contribution in [0.5, 0.6) is 0 Å². The SMILES string of the molecule is C=Nc1c(N)ncnc1N(C)CC(C)OCP(=O)(O)O. The largest absolute Gasteiger partial charge is 0.382 e. The third-order valence-corrected chi connectivity index (χ3v) is 2.89. The molecule has 0 fully saturated rings. The zero-order chi connectivity index (χ0) is 15.3. The van der Waals surface area contributed by atoms with Crippen molar-refractivity contribution in [3.05, 3.63) is 6.33 Å². The van der Waals surface area contributed by atoms with E-state index in [0.717, 1.165) is 0 Å². The van der Waals surface area contributed by atoms with Crippen LogP contribution in [0.1, 0.15) is 6.92 Å². The third-order valence-electron chi connectivity index (χ3n) is 2.41. The van der Waals surface area contributed by atoms with Crippen LogP contribution in [0.4, 0.5) is 17.3 Å². The number of rotatable bonds is 7. The van der Waals surface area contributed by atoms with E-state index in [2.05, 4.69) is 21.7 Å². The summed E-state index contributed by atoms with van der Waals surface area (Å²) in [5, 5.41) is 0. The molecule has 0 saturated carbocycles. The van der Waals surface area contributed by atoms with Crippen LogP contribution in [0.25, 0.3) is 0 Å². The van der Waals surface area contributed by atoms with Crippen molar-refractivity contribution in [3.63, 3.8) is 0 Å². The molecule has 0 spiro atoms. The molecule has 1 rings (SSSR count). The quantitative estimate of drug-likeness (QED) is 0.485. The lowest BCUT2D eigenvalue weighted by molar-refractivity contribution is 0.0934. The Balaban J connectivity index is 2.71. The highest BCUT2D eigenvalue weighted by atomic mass is 31.2. The van der Waals surface area contributed by atoms with Gasteiger partial charge in [-0.3, -0.25) is 9.56 Å². The first-order valence-corrected chi connectivity index (χ1v) is 7.49. The van der Waals surface area contributed by atoms with Gasteiger partial charge in [0.2, 0.25) is 0 Å². The first kappa shape index (κ1) is 16.5. The molecular formula is C10H18N5O4P. The number of nitrogens with two attached hydrogens (primary N) is 1. The second-order valence-electron chi connectivity index (χ2n) is 4.24. The molecule has 0 amide bonds. The number of hydrogen-bond donors (Lipinski definition) is 3. The summed E-state index contributed by atoms with van der Waals surface area (Å²) in [6.45, 7) is 5.45. The Morgan fingerprint density at radius 2 is 2.25 bits per heavy atom. The number of hydrogen-bond acceptors (Lipinski definition) is 7. The number of likely N-dealkylation sites (N-methyl/N-ethyl adjacent to an activating group) is 1. The number of anilines is 2. The molecule has 0 aromatic carbocycles. The Kier molecular flexibility index (Phi) is 5.58. The van der Waals surface area contributed by atoms with Gasteiger partial charge >= 0.3 is 7.60 Å². The Bertz CT molecular complexity index is 520. The first-order valence-electron chi connectivity index (χ1n) is 5.69. The Morgan fingerprint density at radius 3 is 2.80 bits per heavy atom. The van der Waals surface area contributed by atoms with Crippen LogP contribution in [0, 0.1) is 0 Å². The van der Waals surface area contributed by atoms with E-state index >= 15 is 0 Å². The summed E-state index contributed by atoms with van der Waals surface area (Å²) in [7, 11) is -2.44. The summed E-state index contributed by atoms with van der Waals surface area (Å²) in [4.78, 5) is 30.9. The number of nitrogen functional groups attached to an aromatic ring is 1. The molecule has 0 aliphatic rings. The number of ether oxygens (including phenoxy) is 1. The van der Waals surface area contributed by atoms with Gasteiger partial charge in [0.1, 0.15) is 18.4 Å². The topological polar surface area (TPSA) is 134 Å². The van der Waals surface area contributed by atoms with E-state index in [1.807, 2.05) is 0 Å². The summed E-state index contributed by atoms with van der Waals surface area (Å²) < 4.78 is 15.8. The molecule has 0 bridgehead atoms. The van der Waals surface area contributed by atoms with E-state index in [4.69, 9.17) is 20.3 Å². The van der Waals surface area contributed by atoms with Crippen LogP contribution in [0.3, 0.4) is 0 Å². The van der Waals surface area contributed by atoms with Gasteiger partial charge in [0.05, 0.1) is 6.10 Å². The predicted octanol–water partition coefficient (Wildman–Crippen LogP) is 0.367. The molecule has 1 unspecified atom stereocenters. The first-order chi connectivity index (χ1) is 9.24. The molecule has 1 aromatic rings.